The Morgan fingerprint density at radius 2 is 2.19 bits per heavy atom. The normalized spacial score (nSPS) is 10.1. The van der Waals surface area contributed by atoms with Crippen LogP contribution >= 0.6 is 11.8 Å². The molecule has 0 aliphatic carbocycles. The van der Waals surface area contributed by atoms with Crippen LogP contribution in [0, 0.1) is 25.2 Å². The molecule has 16 heavy (non-hydrogen) atoms. The summed E-state index contributed by atoms with van der Waals surface area (Å²) in [4.78, 5) is 4.13. The zero-order valence-electron chi connectivity index (χ0n) is 8.76. The van der Waals surface area contributed by atoms with E-state index < -0.39 is 0 Å². The van der Waals surface area contributed by atoms with Crippen molar-refractivity contribution in [3.8, 4) is 6.07 Å². The van der Waals surface area contributed by atoms with Gasteiger partial charge in [0.1, 0.15) is 11.1 Å². The van der Waals surface area contributed by atoms with Gasteiger partial charge in [-0.05, 0) is 30.3 Å². The van der Waals surface area contributed by atoms with Crippen LogP contribution in [0.25, 0.3) is 0 Å². The molecule has 0 spiro atoms. The first-order valence-electron chi connectivity index (χ1n) is 4.54. The van der Waals surface area contributed by atoms with Gasteiger partial charge in [-0.1, -0.05) is 0 Å². The van der Waals surface area contributed by atoms with E-state index in [0.717, 1.165) is 5.56 Å². The number of nitriles is 1. The average molecular weight is 232 g/mol. The van der Waals surface area contributed by atoms with Gasteiger partial charge in [-0.2, -0.15) is 5.26 Å². The molecule has 0 aliphatic heterocycles. The summed E-state index contributed by atoms with van der Waals surface area (Å²) in [5.41, 5.74) is 1.43. The fraction of sp³-hybridized carbons (Fsp3) is 0.200. The molecule has 0 radical (unpaired) electrons. The van der Waals surface area contributed by atoms with Crippen molar-refractivity contribution < 1.29 is 4.42 Å². The van der Waals surface area contributed by atoms with Gasteiger partial charge in [-0.25, -0.2) is 4.98 Å². The zero-order chi connectivity index (χ0) is 11.5. The van der Waals surface area contributed by atoms with Crippen molar-refractivity contribution in [2.75, 3.05) is 0 Å². The van der Waals surface area contributed by atoms with Crippen LogP contribution in [-0.4, -0.2) is 15.2 Å². The first-order valence-corrected chi connectivity index (χ1v) is 5.36. The molecule has 0 unspecified atom stereocenters. The average Bonchev–Trinajstić information content (AvgIpc) is 2.64. The second kappa shape index (κ2) is 4.33. The molecule has 0 saturated carbocycles. The van der Waals surface area contributed by atoms with Crippen molar-refractivity contribution in [1.82, 2.24) is 15.2 Å². The SMILES string of the molecule is Cc1nnc(Sc2nccc(C)c2C#N)o1. The minimum absolute atomic E-state index is 0.395. The highest BCUT2D eigenvalue weighted by atomic mass is 32.2. The molecule has 0 fully saturated rings. The molecule has 0 aromatic carbocycles. The minimum atomic E-state index is 0.395. The number of hydrogen-bond acceptors (Lipinski definition) is 6. The molecule has 0 N–H and O–H groups in total. The van der Waals surface area contributed by atoms with Gasteiger partial charge in [-0.3, -0.25) is 0 Å². The van der Waals surface area contributed by atoms with Gasteiger partial charge in [0.15, 0.2) is 0 Å². The molecule has 80 valence electrons. The first-order chi connectivity index (χ1) is 7.70. The lowest BCUT2D eigenvalue weighted by Crippen LogP contribution is -1.90. The fourth-order valence-electron chi connectivity index (χ4n) is 1.15. The van der Waals surface area contributed by atoms with Crippen LogP contribution in [0.1, 0.15) is 17.0 Å². The topological polar surface area (TPSA) is 75.6 Å². The second-order valence-electron chi connectivity index (χ2n) is 3.11. The molecule has 2 rings (SSSR count). The number of aromatic nitrogens is 3. The van der Waals surface area contributed by atoms with E-state index in [1.54, 1.807) is 19.2 Å². The Morgan fingerprint density at radius 3 is 2.81 bits per heavy atom. The summed E-state index contributed by atoms with van der Waals surface area (Å²) in [6.07, 6.45) is 1.65. The van der Waals surface area contributed by atoms with Crippen molar-refractivity contribution in [2.24, 2.45) is 0 Å². The van der Waals surface area contributed by atoms with Gasteiger partial charge in [0.2, 0.25) is 5.89 Å². The third-order valence-corrected chi connectivity index (χ3v) is 2.77. The van der Waals surface area contributed by atoms with Crippen LogP contribution in [-0.2, 0) is 0 Å². The molecule has 5 nitrogen and oxygen atoms in total. The first kappa shape index (κ1) is 10.6. The summed E-state index contributed by atoms with van der Waals surface area (Å²) in [7, 11) is 0. The van der Waals surface area contributed by atoms with Gasteiger partial charge >= 0.3 is 0 Å². The molecule has 2 aromatic heterocycles. The maximum atomic E-state index is 9.01. The molecule has 0 atom stereocenters. The van der Waals surface area contributed by atoms with Crippen molar-refractivity contribution in [2.45, 2.75) is 24.1 Å². The Bertz CT molecular complexity index is 558. The highest BCUT2D eigenvalue weighted by Crippen LogP contribution is 2.28. The zero-order valence-corrected chi connectivity index (χ0v) is 9.58. The lowest BCUT2D eigenvalue weighted by Gasteiger charge is -2.01. The van der Waals surface area contributed by atoms with Crippen molar-refractivity contribution in [3.63, 3.8) is 0 Å². The molecular formula is C10H8N4OS. The molecule has 2 heterocycles. The summed E-state index contributed by atoms with van der Waals surface area (Å²) in [6.45, 7) is 3.58. The predicted octanol–water partition coefficient (Wildman–Crippen LogP) is 2.10. The summed E-state index contributed by atoms with van der Waals surface area (Å²) < 4.78 is 5.22. The second-order valence-corrected chi connectivity index (χ2v) is 4.05. The van der Waals surface area contributed by atoms with Gasteiger partial charge in [0, 0.05) is 13.1 Å². The van der Waals surface area contributed by atoms with E-state index in [1.165, 1.54) is 11.8 Å². The quantitative estimate of drug-likeness (QED) is 0.789. The summed E-state index contributed by atoms with van der Waals surface area (Å²) >= 11 is 1.20. The molecular weight excluding hydrogens is 224 g/mol. The number of aryl methyl sites for hydroxylation is 2. The number of nitrogens with zero attached hydrogens (tertiary/aromatic N) is 4. The third kappa shape index (κ3) is 2.04. The monoisotopic (exact) mass is 232 g/mol. The lowest BCUT2D eigenvalue weighted by atomic mass is 10.2. The van der Waals surface area contributed by atoms with Crippen molar-refractivity contribution >= 4 is 11.8 Å². The molecule has 2 aromatic rings. The third-order valence-electron chi connectivity index (χ3n) is 1.93. The summed E-state index contributed by atoms with van der Waals surface area (Å²) in [5.74, 6) is 0.494. The lowest BCUT2D eigenvalue weighted by molar-refractivity contribution is 0.429. The standard InChI is InChI=1S/C10H8N4OS/c1-6-3-4-12-9(8(6)5-11)16-10-14-13-7(2)15-10/h3-4H,1-2H3. The minimum Gasteiger partial charge on any atom is -0.416 e. The summed E-state index contributed by atoms with van der Waals surface area (Å²) in [5, 5.41) is 17.6. The predicted molar refractivity (Wildman–Crippen MR) is 56.8 cm³/mol. The van der Waals surface area contributed by atoms with E-state index in [9.17, 15) is 0 Å². The van der Waals surface area contributed by atoms with E-state index in [2.05, 4.69) is 21.3 Å². The van der Waals surface area contributed by atoms with Gasteiger partial charge in [-0.15, -0.1) is 10.2 Å². The fourth-order valence-corrected chi connectivity index (χ4v) is 1.98. The van der Waals surface area contributed by atoms with E-state index in [-0.39, 0.29) is 0 Å². The Morgan fingerprint density at radius 1 is 1.38 bits per heavy atom. The number of pyridine rings is 1. The van der Waals surface area contributed by atoms with Crippen LogP contribution in [0.4, 0.5) is 0 Å². The van der Waals surface area contributed by atoms with Crippen LogP contribution in [0.3, 0.4) is 0 Å². The van der Waals surface area contributed by atoms with Gasteiger partial charge in [0.25, 0.3) is 5.22 Å². The largest absolute Gasteiger partial charge is 0.416 e. The van der Waals surface area contributed by atoms with Crippen LogP contribution in [0.15, 0.2) is 26.9 Å². The number of hydrogen-bond donors (Lipinski definition) is 0. The van der Waals surface area contributed by atoms with Crippen LogP contribution in [0.5, 0.6) is 0 Å². The molecule has 0 saturated heterocycles. The summed E-state index contributed by atoms with van der Waals surface area (Å²) in [6, 6.07) is 3.91. The Hall–Kier alpha value is -1.87. The van der Waals surface area contributed by atoms with E-state index >= 15 is 0 Å². The number of rotatable bonds is 2. The van der Waals surface area contributed by atoms with E-state index in [1.807, 2.05) is 6.92 Å². The van der Waals surface area contributed by atoms with Gasteiger partial charge in [0.05, 0.1) is 5.56 Å². The van der Waals surface area contributed by atoms with Crippen molar-refractivity contribution in [1.29, 1.82) is 5.26 Å². The van der Waals surface area contributed by atoms with Gasteiger partial charge < -0.3 is 4.42 Å². The van der Waals surface area contributed by atoms with E-state index in [0.29, 0.717) is 21.7 Å². The Kier molecular flexibility index (Phi) is 2.88. The maximum absolute atomic E-state index is 9.01. The molecule has 0 aliphatic rings. The van der Waals surface area contributed by atoms with E-state index in [4.69, 9.17) is 9.68 Å². The van der Waals surface area contributed by atoms with Crippen LogP contribution < -0.4 is 0 Å². The highest BCUT2D eigenvalue weighted by Gasteiger charge is 2.12. The Labute approximate surface area is 96.5 Å². The molecule has 0 bridgehead atoms. The van der Waals surface area contributed by atoms with Crippen LogP contribution in [0.2, 0.25) is 0 Å². The maximum Gasteiger partial charge on any atom is 0.282 e. The highest BCUT2D eigenvalue weighted by molar-refractivity contribution is 7.99. The molecule has 0 amide bonds. The molecule has 6 heteroatoms. The van der Waals surface area contributed by atoms with Crippen molar-refractivity contribution in [3.05, 3.63) is 29.3 Å². The Balaban J connectivity index is 2.35. The smallest absolute Gasteiger partial charge is 0.282 e.